The highest BCUT2D eigenvalue weighted by atomic mass is 35.5. The van der Waals surface area contributed by atoms with E-state index < -0.39 is 0 Å². The lowest BCUT2D eigenvalue weighted by Gasteiger charge is -2.05. The van der Waals surface area contributed by atoms with Gasteiger partial charge in [-0.05, 0) is 44.1 Å². The van der Waals surface area contributed by atoms with Crippen LogP contribution in [0.15, 0.2) is 24.3 Å². The summed E-state index contributed by atoms with van der Waals surface area (Å²) in [6.45, 7) is 3.75. The fourth-order valence-electron chi connectivity index (χ4n) is 1.46. The topological polar surface area (TPSA) is 41.1 Å². The van der Waals surface area contributed by atoms with Crippen molar-refractivity contribution in [2.24, 2.45) is 0 Å². The van der Waals surface area contributed by atoms with Gasteiger partial charge in [0, 0.05) is 12.1 Å². The Morgan fingerprint density at radius 2 is 1.82 bits per heavy atom. The number of nitrogens with one attached hydrogen (secondary N) is 2. The van der Waals surface area contributed by atoms with Crippen molar-refractivity contribution in [1.29, 1.82) is 0 Å². The molecule has 3 nitrogen and oxygen atoms in total. The molecule has 0 aliphatic heterocycles. The Labute approximate surface area is 109 Å². The Morgan fingerprint density at radius 1 is 1.18 bits per heavy atom. The number of hydrogen-bond donors (Lipinski definition) is 2. The minimum Gasteiger partial charge on any atom is -0.352 e. The Hall–Kier alpha value is -1.06. The standard InChI is InChI=1S/C13H20N2O.ClH/c1-3-11-5-7-12(8-6-11)13(16)15-10-4-9-14-2;/h5-8,14H,3-4,9-10H2,1-2H3,(H,15,16);1H. The average Bonchev–Trinajstić information content (AvgIpc) is 2.34. The molecule has 0 unspecified atom stereocenters. The van der Waals surface area contributed by atoms with Crippen molar-refractivity contribution in [2.45, 2.75) is 19.8 Å². The zero-order valence-corrected chi connectivity index (χ0v) is 11.3. The third-order valence-corrected chi connectivity index (χ3v) is 2.51. The molecule has 2 N–H and O–H groups in total. The van der Waals surface area contributed by atoms with E-state index in [1.54, 1.807) is 0 Å². The molecule has 0 aliphatic carbocycles. The summed E-state index contributed by atoms with van der Waals surface area (Å²) in [5.41, 5.74) is 1.99. The summed E-state index contributed by atoms with van der Waals surface area (Å²) in [7, 11) is 1.91. The van der Waals surface area contributed by atoms with Crippen molar-refractivity contribution >= 4 is 18.3 Å². The molecule has 0 bridgehead atoms. The first-order valence-corrected chi connectivity index (χ1v) is 5.79. The van der Waals surface area contributed by atoms with Crippen LogP contribution in [0.1, 0.15) is 29.3 Å². The smallest absolute Gasteiger partial charge is 0.251 e. The number of carbonyl (C=O) groups excluding carboxylic acids is 1. The fourth-order valence-corrected chi connectivity index (χ4v) is 1.46. The zero-order chi connectivity index (χ0) is 11.8. The van der Waals surface area contributed by atoms with Crippen LogP contribution in [0.4, 0.5) is 0 Å². The molecule has 0 atom stereocenters. The van der Waals surface area contributed by atoms with Crippen LogP contribution in [0, 0.1) is 0 Å². The second-order valence-corrected chi connectivity index (χ2v) is 3.76. The highest BCUT2D eigenvalue weighted by Crippen LogP contribution is 2.04. The van der Waals surface area contributed by atoms with Gasteiger partial charge in [0.1, 0.15) is 0 Å². The molecule has 0 aliphatic rings. The number of rotatable bonds is 6. The predicted octanol–water partition coefficient (Wildman–Crippen LogP) is 2.01. The van der Waals surface area contributed by atoms with E-state index in [4.69, 9.17) is 0 Å². The lowest BCUT2D eigenvalue weighted by Crippen LogP contribution is -2.26. The maximum Gasteiger partial charge on any atom is 0.251 e. The summed E-state index contributed by atoms with van der Waals surface area (Å²) in [4.78, 5) is 11.7. The van der Waals surface area contributed by atoms with Crippen LogP contribution in [0.25, 0.3) is 0 Å². The van der Waals surface area contributed by atoms with Gasteiger partial charge >= 0.3 is 0 Å². The summed E-state index contributed by atoms with van der Waals surface area (Å²) >= 11 is 0. The van der Waals surface area contributed by atoms with Gasteiger partial charge < -0.3 is 10.6 Å². The zero-order valence-electron chi connectivity index (χ0n) is 10.5. The van der Waals surface area contributed by atoms with Gasteiger partial charge in [-0.2, -0.15) is 0 Å². The third kappa shape index (κ3) is 5.71. The summed E-state index contributed by atoms with van der Waals surface area (Å²) in [6, 6.07) is 7.77. The van der Waals surface area contributed by atoms with Gasteiger partial charge in [-0.1, -0.05) is 19.1 Å². The van der Waals surface area contributed by atoms with Crippen molar-refractivity contribution in [2.75, 3.05) is 20.1 Å². The van der Waals surface area contributed by atoms with E-state index in [9.17, 15) is 4.79 Å². The molecule has 1 rings (SSSR count). The van der Waals surface area contributed by atoms with Gasteiger partial charge in [0.2, 0.25) is 0 Å². The molecule has 0 saturated carbocycles. The molecule has 1 amide bonds. The van der Waals surface area contributed by atoms with Gasteiger partial charge in [-0.3, -0.25) is 4.79 Å². The number of halogens is 1. The van der Waals surface area contributed by atoms with Crippen LogP contribution >= 0.6 is 12.4 Å². The van der Waals surface area contributed by atoms with E-state index in [0.717, 1.165) is 31.5 Å². The summed E-state index contributed by atoms with van der Waals surface area (Å²) in [6.07, 6.45) is 1.96. The van der Waals surface area contributed by atoms with E-state index >= 15 is 0 Å². The van der Waals surface area contributed by atoms with E-state index in [0.29, 0.717) is 0 Å². The minimum absolute atomic E-state index is 0. The fraction of sp³-hybridized carbons (Fsp3) is 0.462. The summed E-state index contributed by atoms with van der Waals surface area (Å²) in [5.74, 6) is 0.0127. The quantitative estimate of drug-likeness (QED) is 0.765. The maximum absolute atomic E-state index is 11.7. The number of hydrogen-bond acceptors (Lipinski definition) is 2. The minimum atomic E-state index is 0. The molecule has 96 valence electrons. The second kappa shape index (κ2) is 9.02. The van der Waals surface area contributed by atoms with Crippen LogP contribution < -0.4 is 10.6 Å². The Bertz CT molecular complexity index is 325. The summed E-state index contributed by atoms with van der Waals surface area (Å²) < 4.78 is 0. The predicted molar refractivity (Wildman–Crippen MR) is 73.9 cm³/mol. The first-order chi connectivity index (χ1) is 7.77. The molecule has 0 fully saturated rings. The molecule has 1 aromatic rings. The first kappa shape index (κ1) is 15.9. The highest BCUT2D eigenvalue weighted by molar-refractivity contribution is 5.94. The molecule has 1 aromatic carbocycles. The lowest BCUT2D eigenvalue weighted by molar-refractivity contribution is 0.0953. The monoisotopic (exact) mass is 256 g/mol. The Balaban J connectivity index is 0.00000256. The van der Waals surface area contributed by atoms with E-state index in [1.165, 1.54) is 5.56 Å². The molecule has 17 heavy (non-hydrogen) atoms. The molecule has 0 heterocycles. The van der Waals surface area contributed by atoms with Gasteiger partial charge in [0.25, 0.3) is 5.91 Å². The summed E-state index contributed by atoms with van der Waals surface area (Å²) in [5, 5.41) is 5.94. The van der Waals surface area contributed by atoms with Gasteiger partial charge in [0.05, 0.1) is 0 Å². The molecule has 0 spiro atoms. The number of aryl methyl sites for hydroxylation is 1. The van der Waals surface area contributed by atoms with Gasteiger partial charge in [0.15, 0.2) is 0 Å². The van der Waals surface area contributed by atoms with Crippen LogP contribution in [0.3, 0.4) is 0 Å². The largest absolute Gasteiger partial charge is 0.352 e. The molecule has 0 saturated heterocycles. The van der Waals surface area contributed by atoms with Gasteiger partial charge in [-0.25, -0.2) is 0 Å². The number of benzene rings is 1. The van der Waals surface area contributed by atoms with Crippen LogP contribution in [0.2, 0.25) is 0 Å². The Morgan fingerprint density at radius 3 is 2.35 bits per heavy atom. The van der Waals surface area contributed by atoms with Crippen molar-refractivity contribution < 1.29 is 4.79 Å². The normalized spacial score (nSPS) is 9.53. The highest BCUT2D eigenvalue weighted by Gasteiger charge is 2.03. The van der Waals surface area contributed by atoms with Crippen LogP contribution in [0.5, 0.6) is 0 Å². The number of carbonyl (C=O) groups is 1. The average molecular weight is 257 g/mol. The maximum atomic E-state index is 11.7. The van der Waals surface area contributed by atoms with E-state index in [2.05, 4.69) is 17.6 Å². The molecular formula is C13H21ClN2O. The molecule has 4 heteroatoms. The van der Waals surface area contributed by atoms with Crippen LogP contribution in [-0.2, 0) is 6.42 Å². The van der Waals surface area contributed by atoms with E-state index in [1.807, 2.05) is 31.3 Å². The molecule has 0 aromatic heterocycles. The van der Waals surface area contributed by atoms with Crippen molar-refractivity contribution in [1.82, 2.24) is 10.6 Å². The van der Waals surface area contributed by atoms with E-state index in [-0.39, 0.29) is 18.3 Å². The molecular weight excluding hydrogens is 236 g/mol. The lowest BCUT2D eigenvalue weighted by atomic mass is 10.1. The van der Waals surface area contributed by atoms with Crippen molar-refractivity contribution in [3.63, 3.8) is 0 Å². The van der Waals surface area contributed by atoms with Gasteiger partial charge in [-0.15, -0.1) is 12.4 Å². The third-order valence-electron chi connectivity index (χ3n) is 2.51. The van der Waals surface area contributed by atoms with Crippen LogP contribution in [-0.4, -0.2) is 26.0 Å². The second-order valence-electron chi connectivity index (χ2n) is 3.76. The van der Waals surface area contributed by atoms with Crippen molar-refractivity contribution in [3.05, 3.63) is 35.4 Å². The SMILES string of the molecule is CCc1ccc(C(=O)NCCCNC)cc1.Cl. The Kier molecular flexibility index (Phi) is 8.46. The van der Waals surface area contributed by atoms with Crippen molar-refractivity contribution in [3.8, 4) is 0 Å². The first-order valence-electron chi connectivity index (χ1n) is 5.79. The molecule has 0 radical (unpaired) electrons. The number of amides is 1.